The lowest BCUT2D eigenvalue weighted by atomic mass is 10.2. The Balaban J connectivity index is 2.52. The molecular formula is C20H28NP. The van der Waals surface area contributed by atoms with Crippen molar-refractivity contribution in [2.75, 3.05) is 0 Å². The number of benzene rings is 2. The summed E-state index contributed by atoms with van der Waals surface area (Å²) in [5, 5.41) is 2.87. The van der Waals surface area contributed by atoms with E-state index >= 15 is 0 Å². The van der Waals surface area contributed by atoms with E-state index in [2.05, 4.69) is 94.7 Å². The SMILES string of the molecule is Cc1ccc(P(c2ccc(C)cc2)N(C(C)C)C(C)C)cc1. The molecule has 2 aromatic carbocycles. The summed E-state index contributed by atoms with van der Waals surface area (Å²) in [6.45, 7) is 13.5. The Morgan fingerprint density at radius 2 is 0.955 bits per heavy atom. The molecule has 0 aromatic heterocycles. The second kappa shape index (κ2) is 7.40. The first-order valence-electron chi connectivity index (χ1n) is 8.12. The van der Waals surface area contributed by atoms with Gasteiger partial charge in [0.25, 0.3) is 0 Å². The normalized spacial score (nSPS) is 11.9. The molecule has 22 heavy (non-hydrogen) atoms. The summed E-state index contributed by atoms with van der Waals surface area (Å²) in [6.07, 6.45) is 0. The van der Waals surface area contributed by atoms with E-state index in [-0.39, 0.29) is 0 Å². The number of hydrogen-bond donors (Lipinski definition) is 0. The molecule has 0 spiro atoms. The second-order valence-electron chi connectivity index (χ2n) is 6.55. The van der Waals surface area contributed by atoms with E-state index in [4.69, 9.17) is 0 Å². The van der Waals surface area contributed by atoms with Crippen molar-refractivity contribution in [3.8, 4) is 0 Å². The molecule has 0 aliphatic carbocycles. The van der Waals surface area contributed by atoms with Gasteiger partial charge in [0, 0.05) is 20.2 Å². The highest BCUT2D eigenvalue weighted by atomic mass is 31.1. The Morgan fingerprint density at radius 3 is 1.23 bits per heavy atom. The topological polar surface area (TPSA) is 3.24 Å². The van der Waals surface area contributed by atoms with E-state index < -0.39 is 8.07 Å². The summed E-state index contributed by atoms with van der Waals surface area (Å²) in [5.41, 5.74) is 2.64. The van der Waals surface area contributed by atoms with Crippen LogP contribution in [0.5, 0.6) is 0 Å². The van der Waals surface area contributed by atoms with Crippen molar-refractivity contribution in [2.45, 2.75) is 53.6 Å². The van der Waals surface area contributed by atoms with Gasteiger partial charge in [-0.15, -0.1) is 0 Å². The first-order valence-corrected chi connectivity index (χ1v) is 9.41. The molecule has 0 aliphatic heterocycles. The molecule has 0 aliphatic rings. The zero-order chi connectivity index (χ0) is 16.3. The van der Waals surface area contributed by atoms with Crippen molar-refractivity contribution in [3.05, 3.63) is 59.7 Å². The Kier molecular flexibility index (Phi) is 5.78. The molecule has 0 heterocycles. The molecule has 2 heteroatoms. The molecular weight excluding hydrogens is 285 g/mol. The van der Waals surface area contributed by atoms with Crippen LogP contribution in [0.2, 0.25) is 0 Å². The van der Waals surface area contributed by atoms with Crippen LogP contribution in [-0.2, 0) is 0 Å². The van der Waals surface area contributed by atoms with Crippen molar-refractivity contribution in [1.29, 1.82) is 0 Å². The van der Waals surface area contributed by atoms with Gasteiger partial charge in [0.15, 0.2) is 0 Å². The van der Waals surface area contributed by atoms with E-state index in [0.29, 0.717) is 12.1 Å². The van der Waals surface area contributed by atoms with Crippen molar-refractivity contribution in [3.63, 3.8) is 0 Å². The lowest BCUT2D eigenvalue weighted by Crippen LogP contribution is -2.38. The standard InChI is InChI=1S/C20H28NP/c1-15(2)21(16(3)4)22(19-11-7-17(5)8-12-19)20-13-9-18(6)10-14-20/h7-16H,1-6H3. The predicted octanol–water partition coefficient (Wildman–Crippen LogP) is 4.77. The molecule has 0 fully saturated rings. The Bertz CT molecular complexity index is 531. The molecule has 2 rings (SSSR count). The van der Waals surface area contributed by atoms with Crippen LogP contribution in [-0.4, -0.2) is 16.8 Å². The number of aryl methyl sites for hydroxylation is 2. The van der Waals surface area contributed by atoms with Crippen LogP contribution in [0.15, 0.2) is 48.5 Å². The van der Waals surface area contributed by atoms with Gasteiger partial charge in [-0.25, -0.2) is 0 Å². The maximum Gasteiger partial charge on any atom is 0.0286 e. The highest BCUT2D eigenvalue weighted by Gasteiger charge is 2.26. The van der Waals surface area contributed by atoms with E-state index in [0.717, 1.165) is 0 Å². The molecule has 0 atom stereocenters. The van der Waals surface area contributed by atoms with Crippen LogP contribution in [0.25, 0.3) is 0 Å². The van der Waals surface area contributed by atoms with Gasteiger partial charge in [0.05, 0.1) is 0 Å². The average Bonchev–Trinajstić information content (AvgIpc) is 2.46. The van der Waals surface area contributed by atoms with Crippen LogP contribution >= 0.6 is 8.07 Å². The van der Waals surface area contributed by atoms with E-state index in [1.54, 1.807) is 0 Å². The van der Waals surface area contributed by atoms with Crippen LogP contribution in [0.4, 0.5) is 0 Å². The Morgan fingerprint density at radius 1 is 0.636 bits per heavy atom. The first-order chi connectivity index (χ1) is 10.4. The molecule has 0 unspecified atom stereocenters. The molecule has 2 aromatic rings. The maximum absolute atomic E-state index is 2.66. The molecule has 0 amide bonds. The Labute approximate surface area is 137 Å². The van der Waals surface area contributed by atoms with Gasteiger partial charge < -0.3 is 0 Å². The van der Waals surface area contributed by atoms with E-state index in [1.807, 2.05) is 0 Å². The van der Waals surface area contributed by atoms with E-state index in [1.165, 1.54) is 21.7 Å². The Hall–Kier alpha value is -1.17. The van der Waals surface area contributed by atoms with Gasteiger partial charge in [-0.05, 0) is 52.2 Å². The monoisotopic (exact) mass is 313 g/mol. The van der Waals surface area contributed by atoms with E-state index in [9.17, 15) is 0 Å². The molecule has 0 N–H and O–H groups in total. The molecule has 0 bridgehead atoms. The minimum absolute atomic E-state index is 0.485. The third-order valence-electron chi connectivity index (χ3n) is 3.85. The zero-order valence-corrected chi connectivity index (χ0v) is 15.6. The van der Waals surface area contributed by atoms with Gasteiger partial charge in [-0.3, -0.25) is 4.67 Å². The molecule has 0 radical (unpaired) electrons. The van der Waals surface area contributed by atoms with Gasteiger partial charge in [0.2, 0.25) is 0 Å². The fourth-order valence-corrected chi connectivity index (χ4v) is 5.46. The van der Waals surface area contributed by atoms with Crippen LogP contribution in [0, 0.1) is 13.8 Å². The van der Waals surface area contributed by atoms with Gasteiger partial charge in [-0.2, -0.15) is 0 Å². The maximum atomic E-state index is 2.66. The minimum atomic E-state index is -0.485. The molecule has 1 nitrogen and oxygen atoms in total. The lowest BCUT2D eigenvalue weighted by molar-refractivity contribution is 0.327. The zero-order valence-electron chi connectivity index (χ0n) is 14.7. The highest BCUT2D eigenvalue weighted by Crippen LogP contribution is 2.41. The fraction of sp³-hybridized carbons (Fsp3) is 0.400. The number of nitrogens with zero attached hydrogens (tertiary/aromatic N) is 1. The van der Waals surface area contributed by atoms with Crippen molar-refractivity contribution in [2.24, 2.45) is 0 Å². The number of hydrogen-bond acceptors (Lipinski definition) is 1. The van der Waals surface area contributed by atoms with Crippen LogP contribution in [0.3, 0.4) is 0 Å². The molecule has 0 saturated heterocycles. The van der Waals surface area contributed by atoms with Crippen molar-refractivity contribution in [1.82, 2.24) is 4.67 Å². The lowest BCUT2D eigenvalue weighted by Gasteiger charge is -2.38. The van der Waals surface area contributed by atoms with Gasteiger partial charge in [-0.1, -0.05) is 59.7 Å². The third-order valence-corrected chi connectivity index (χ3v) is 6.81. The van der Waals surface area contributed by atoms with Crippen molar-refractivity contribution < 1.29 is 0 Å². The minimum Gasteiger partial charge on any atom is -0.270 e. The van der Waals surface area contributed by atoms with Crippen LogP contribution < -0.4 is 10.6 Å². The fourth-order valence-electron chi connectivity index (χ4n) is 2.85. The molecule has 0 saturated carbocycles. The summed E-state index contributed by atoms with van der Waals surface area (Å²) in [4.78, 5) is 0. The van der Waals surface area contributed by atoms with Crippen molar-refractivity contribution >= 4 is 18.7 Å². The summed E-state index contributed by atoms with van der Waals surface area (Å²) in [7, 11) is -0.485. The van der Waals surface area contributed by atoms with Gasteiger partial charge in [0.1, 0.15) is 0 Å². The highest BCUT2D eigenvalue weighted by molar-refractivity contribution is 7.70. The number of rotatable bonds is 5. The summed E-state index contributed by atoms with van der Waals surface area (Å²) < 4.78 is 2.66. The van der Waals surface area contributed by atoms with Gasteiger partial charge >= 0.3 is 0 Å². The first kappa shape index (κ1) is 17.2. The summed E-state index contributed by atoms with van der Waals surface area (Å²) >= 11 is 0. The summed E-state index contributed by atoms with van der Waals surface area (Å²) in [6, 6.07) is 19.2. The molecule has 118 valence electrons. The quantitative estimate of drug-likeness (QED) is 0.719. The smallest absolute Gasteiger partial charge is 0.0286 e. The predicted molar refractivity (Wildman–Crippen MR) is 101 cm³/mol. The second-order valence-corrected chi connectivity index (χ2v) is 8.67. The summed E-state index contributed by atoms with van der Waals surface area (Å²) in [5.74, 6) is 0. The third kappa shape index (κ3) is 3.97. The van der Waals surface area contributed by atoms with Crippen LogP contribution in [0.1, 0.15) is 38.8 Å². The largest absolute Gasteiger partial charge is 0.270 e. The average molecular weight is 313 g/mol.